The number of benzene rings is 1. The Morgan fingerprint density at radius 3 is 2.71 bits per heavy atom. The fourth-order valence-corrected chi connectivity index (χ4v) is 2.20. The number of nitriles is 1. The van der Waals surface area contributed by atoms with Crippen LogP contribution in [0.3, 0.4) is 0 Å². The zero-order valence-corrected chi connectivity index (χ0v) is 11.6. The quantitative estimate of drug-likeness (QED) is 0.471. The Labute approximate surface area is 115 Å². The summed E-state index contributed by atoms with van der Waals surface area (Å²) in [6.07, 6.45) is 2.61. The summed E-state index contributed by atoms with van der Waals surface area (Å²) >= 11 is 2.11. The van der Waals surface area contributed by atoms with E-state index < -0.39 is 0 Å². The molecule has 1 aromatic carbocycles. The molecule has 0 bridgehead atoms. The number of hydrogen-bond acceptors (Lipinski definition) is 4. The summed E-state index contributed by atoms with van der Waals surface area (Å²) in [5, 5.41) is 17.4. The number of nitrogens with zero attached hydrogens (tertiary/aromatic N) is 1. The van der Waals surface area contributed by atoms with Crippen LogP contribution in [0.1, 0.15) is 24.8 Å². The van der Waals surface area contributed by atoms with Crippen LogP contribution >= 0.6 is 22.6 Å². The maximum Gasteiger partial charge on any atom is 0.155 e. The lowest BCUT2D eigenvalue weighted by Crippen LogP contribution is -2.03. The number of rotatable bonds is 6. The molecular formula is C12H15IN2O2. The first-order valence-electron chi connectivity index (χ1n) is 5.41. The van der Waals surface area contributed by atoms with E-state index in [1.54, 1.807) is 12.1 Å². The van der Waals surface area contributed by atoms with Crippen molar-refractivity contribution in [2.75, 3.05) is 18.9 Å². The van der Waals surface area contributed by atoms with Crippen molar-refractivity contribution >= 4 is 28.3 Å². The molecule has 0 amide bonds. The summed E-state index contributed by atoms with van der Waals surface area (Å²) < 4.78 is 6.44. The molecule has 0 heterocycles. The molecule has 0 spiro atoms. The molecule has 5 heteroatoms. The summed E-state index contributed by atoms with van der Waals surface area (Å²) in [4.78, 5) is 0. The third kappa shape index (κ3) is 4.40. The minimum absolute atomic E-state index is 0.219. The van der Waals surface area contributed by atoms with Crippen LogP contribution in [-0.4, -0.2) is 18.3 Å². The van der Waals surface area contributed by atoms with Gasteiger partial charge in [0.1, 0.15) is 0 Å². The van der Waals surface area contributed by atoms with E-state index in [2.05, 4.69) is 28.7 Å². The highest BCUT2D eigenvalue weighted by atomic mass is 127. The predicted molar refractivity (Wildman–Crippen MR) is 74.7 cm³/mol. The summed E-state index contributed by atoms with van der Waals surface area (Å²) in [7, 11) is 0. The maximum absolute atomic E-state index is 8.78. The van der Waals surface area contributed by atoms with Crippen molar-refractivity contribution < 1.29 is 9.84 Å². The number of nitrogen functional groups attached to an aromatic ring is 1. The number of aliphatic hydroxyl groups excluding tert-OH is 1. The average molecular weight is 346 g/mol. The Hall–Kier alpha value is -1.00. The first-order valence-corrected chi connectivity index (χ1v) is 6.49. The fraction of sp³-hybridized carbons (Fsp3) is 0.417. The minimum Gasteiger partial charge on any atom is -0.490 e. The van der Waals surface area contributed by atoms with Gasteiger partial charge >= 0.3 is 0 Å². The van der Waals surface area contributed by atoms with E-state index in [4.69, 9.17) is 20.8 Å². The molecule has 0 radical (unpaired) electrons. The van der Waals surface area contributed by atoms with Gasteiger partial charge in [0, 0.05) is 6.61 Å². The van der Waals surface area contributed by atoms with E-state index in [9.17, 15) is 0 Å². The van der Waals surface area contributed by atoms with Gasteiger partial charge in [-0.25, -0.2) is 0 Å². The van der Waals surface area contributed by atoms with Crippen molar-refractivity contribution in [2.45, 2.75) is 19.3 Å². The third-order valence-corrected chi connectivity index (χ3v) is 3.05. The topological polar surface area (TPSA) is 79.3 Å². The number of ether oxygens (including phenoxy) is 1. The van der Waals surface area contributed by atoms with Crippen LogP contribution in [0.5, 0.6) is 5.75 Å². The molecule has 0 saturated heterocycles. The first-order chi connectivity index (χ1) is 8.19. The average Bonchev–Trinajstić information content (AvgIpc) is 2.31. The Morgan fingerprint density at radius 2 is 2.12 bits per heavy atom. The van der Waals surface area contributed by atoms with Gasteiger partial charge in [0.05, 0.1) is 27.5 Å². The van der Waals surface area contributed by atoms with Crippen molar-refractivity contribution in [3.05, 3.63) is 21.3 Å². The summed E-state index contributed by atoms with van der Waals surface area (Å²) in [5.41, 5.74) is 6.85. The molecule has 17 heavy (non-hydrogen) atoms. The Balaban J connectivity index is 2.57. The van der Waals surface area contributed by atoms with Crippen LogP contribution in [0, 0.1) is 14.9 Å². The predicted octanol–water partition coefficient (Wildman–Crippen LogP) is 2.29. The fourth-order valence-electron chi connectivity index (χ4n) is 1.40. The van der Waals surface area contributed by atoms with Crippen LogP contribution in [-0.2, 0) is 0 Å². The number of anilines is 1. The van der Waals surface area contributed by atoms with Crippen LogP contribution in [0.4, 0.5) is 5.69 Å². The van der Waals surface area contributed by atoms with Gasteiger partial charge < -0.3 is 15.6 Å². The van der Waals surface area contributed by atoms with Crippen molar-refractivity contribution in [2.24, 2.45) is 0 Å². The maximum atomic E-state index is 8.78. The number of hydrogen-bond donors (Lipinski definition) is 2. The number of halogens is 1. The molecule has 3 N–H and O–H groups in total. The van der Waals surface area contributed by atoms with E-state index in [0.717, 1.165) is 22.8 Å². The molecule has 92 valence electrons. The first kappa shape index (κ1) is 14.1. The zero-order chi connectivity index (χ0) is 12.7. The molecule has 0 unspecified atom stereocenters. The van der Waals surface area contributed by atoms with Gasteiger partial charge in [-0.2, -0.15) is 5.26 Å². The van der Waals surface area contributed by atoms with E-state index in [1.807, 2.05) is 0 Å². The summed E-state index contributed by atoms with van der Waals surface area (Å²) in [6, 6.07) is 5.42. The normalized spacial score (nSPS) is 9.94. The summed E-state index contributed by atoms with van der Waals surface area (Å²) in [5.74, 6) is 0.647. The molecule has 4 nitrogen and oxygen atoms in total. The monoisotopic (exact) mass is 346 g/mol. The largest absolute Gasteiger partial charge is 0.490 e. The standard InChI is InChI=1S/C12H15IN2O2/c13-10-6-9(8-14)7-11(15)12(10)17-5-3-1-2-4-16/h6-7,16H,1-5,15H2. The van der Waals surface area contributed by atoms with Crippen molar-refractivity contribution in [3.63, 3.8) is 0 Å². The van der Waals surface area contributed by atoms with Gasteiger partial charge in [-0.3, -0.25) is 0 Å². The zero-order valence-electron chi connectivity index (χ0n) is 9.45. The highest BCUT2D eigenvalue weighted by Gasteiger charge is 2.08. The van der Waals surface area contributed by atoms with Crippen LogP contribution < -0.4 is 10.5 Å². The van der Waals surface area contributed by atoms with Gasteiger partial charge in [-0.1, -0.05) is 0 Å². The summed E-state index contributed by atoms with van der Waals surface area (Å²) in [6.45, 7) is 0.794. The molecule has 1 aromatic rings. The molecular weight excluding hydrogens is 331 g/mol. The molecule has 0 aromatic heterocycles. The van der Waals surface area contributed by atoms with Gasteiger partial charge in [-0.05, 0) is 54.0 Å². The van der Waals surface area contributed by atoms with Crippen LogP contribution in [0.25, 0.3) is 0 Å². The Kier molecular flexibility index (Phi) is 6.08. The second-order valence-electron chi connectivity index (χ2n) is 3.62. The molecule has 0 saturated carbocycles. The van der Waals surface area contributed by atoms with Crippen LogP contribution in [0.15, 0.2) is 12.1 Å². The van der Waals surface area contributed by atoms with Gasteiger partial charge in [0.2, 0.25) is 0 Å². The highest BCUT2D eigenvalue weighted by Crippen LogP contribution is 2.29. The Bertz CT molecular complexity index is 392. The van der Waals surface area contributed by atoms with Crippen molar-refractivity contribution in [3.8, 4) is 11.8 Å². The van der Waals surface area contributed by atoms with E-state index in [-0.39, 0.29) is 6.61 Å². The lowest BCUT2D eigenvalue weighted by Gasteiger charge is -2.11. The van der Waals surface area contributed by atoms with Crippen LogP contribution in [0.2, 0.25) is 0 Å². The molecule has 0 aliphatic heterocycles. The second-order valence-corrected chi connectivity index (χ2v) is 4.78. The number of nitrogens with two attached hydrogens (primary N) is 1. The van der Waals surface area contributed by atoms with Gasteiger partial charge in [-0.15, -0.1) is 0 Å². The lowest BCUT2D eigenvalue weighted by atomic mass is 10.2. The third-order valence-electron chi connectivity index (χ3n) is 2.25. The minimum atomic E-state index is 0.219. The van der Waals surface area contributed by atoms with Gasteiger partial charge in [0.25, 0.3) is 0 Å². The molecule has 1 rings (SSSR count). The molecule has 0 aliphatic carbocycles. The number of unbranched alkanes of at least 4 members (excludes halogenated alkanes) is 2. The van der Waals surface area contributed by atoms with Crippen molar-refractivity contribution in [1.29, 1.82) is 5.26 Å². The molecule has 0 aliphatic rings. The van der Waals surface area contributed by atoms with E-state index in [1.165, 1.54) is 0 Å². The SMILES string of the molecule is N#Cc1cc(N)c(OCCCCCO)c(I)c1. The van der Waals surface area contributed by atoms with Gasteiger partial charge in [0.15, 0.2) is 5.75 Å². The van der Waals surface area contributed by atoms with Crippen molar-refractivity contribution in [1.82, 2.24) is 0 Å². The second kappa shape index (κ2) is 7.35. The molecule has 0 fully saturated rings. The number of aliphatic hydroxyl groups is 1. The Morgan fingerprint density at radius 1 is 1.35 bits per heavy atom. The molecule has 0 atom stereocenters. The van der Waals surface area contributed by atoms with E-state index in [0.29, 0.717) is 23.6 Å². The van der Waals surface area contributed by atoms with E-state index >= 15 is 0 Å². The lowest BCUT2D eigenvalue weighted by molar-refractivity contribution is 0.266. The smallest absolute Gasteiger partial charge is 0.155 e. The highest BCUT2D eigenvalue weighted by molar-refractivity contribution is 14.1.